The molecule has 46 heavy (non-hydrogen) atoms. The highest BCUT2D eigenvalue weighted by atomic mass is 32.2. The Morgan fingerprint density at radius 3 is 2.57 bits per heavy atom. The second-order valence-electron chi connectivity index (χ2n) is 9.44. The van der Waals surface area contributed by atoms with Crippen molar-refractivity contribution < 1.29 is 42.0 Å². The zero-order valence-corrected chi connectivity index (χ0v) is 25.4. The van der Waals surface area contributed by atoms with Gasteiger partial charge >= 0.3 is 16.3 Å². The third-order valence-corrected chi connectivity index (χ3v) is 7.89. The minimum Gasteiger partial charge on any atom is -0.489 e. The van der Waals surface area contributed by atoms with Crippen LogP contribution in [0, 0.1) is 0 Å². The molecule has 3 aromatic rings. The number of nitrogens with zero attached hydrogens (tertiary/aromatic N) is 7. The van der Waals surface area contributed by atoms with Crippen LogP contribution in [0.4, 0.5) is 5.13 Å². The first kappa shape index (κ1) is 33.7. The number of amides is 2. The van der Waals surface area contributed by atoms with E-state index in [-0.39, 0.29) is 27.4 Å². The van der Waals surface area contributed by atoms with Gasteiger partial charge in [0, 0.05) is 17.5 Å². The highest BCUT2D eigenvalue weighted by Gasteiger charge is 2.54. The fourth-order valence-electron chi connectivity index (χ4n) is 4.01. The Bertz CT molecular complexity index is 1710. The standard InChI is InChI=1S/C24H29N11O9S2/c25-6-1-7-29-20(26)13-2-4-14(5-3-13)43-9-17(23(38)39)44-33-18(15-10-45-24(27)31-15)21(36)32-19-16(8-34-12-28-11-30-34)35(22(19)37)46(40,41)42/h2-5,10-12,16-17,19H,1,6-9,25H2,(H2,26,29)(H2,27,31)(H,32,36)(H,38,39)(H,40,41,42)/b33-18-/t16-,17+,19+/m1/s1. The van der Waals surface area contributed by atoms with Gasteiger partial charge in [0.1, 0.15) is 42.6 Å². The number of carboxylic acids is 1. The maximum atomic E-state index is 13.3. The molecule has 2 aromatic heterocycles. The van der Waals surface area contributed by atoms with Gasteiger partial charge in [0.15, 0.2) is 10.8 Å². The molecule has 0 unspecified atom stereocenters. The average molecular weight is 680 g/mol. The molecule has 0 bridgehead atoms. The van der Waals surface area contributed by atoms with Crippen molar-refractivity contribution >= 4 is 56.1 Å². The number of rotatable bonds is 16. The number of amidine groups is 1. The molecule has 9 N–H and O–H groups in total. The van der Waals surface area contributed by atoms with Gasteiger partial charge in [0.2, 0.25) is 0 Å². The van der Waals surface area contributed by atoms with Gasteiger partial charge in [-0.25, -0.2) is 19.1 Å². The summed E-state index contributed by atoms with van der Waals surface area (Å²) in [5.41, 5.74) is 17.0. The molecule has 1 aliphatic heterocycles. The smallest absolute Gasteiger partial charge is 0.362 e. The van der Waals surface area contributed by atoms with Crippen molar-refractivity contribution in [3.05, 3.63) is 53.6 Å². The van der Waals surface area contributed by atoms with Gasteiger partial charge in [0.25, 0.3) is 17.9 Å². The van der Waals surface area contributed by atoms with Crippen molar-refractivity contribution in [3.8, 4) is 5.75 Å². The van der Waals surface area contributed by atoms with Gasteiger partial charge in [0.05, 0.1) is 12.6 Å². The van der Waals surface area contributed by atoms with Crippen molar-refractivity contribution in [1.29, 1.82) is 0 Å². The molecule has 4 rings (SSSR count). The molecular weight excluding hydrogens is 650 g/mol. The van der Waals surface area contributed by atoms with Crippen LogP contribution in [0.2, 0.25) is 0 Å². The number of benzene rings is 1. The van der Waals surface area contributed by atoms with Gasteiger partial charge in [-0.15, -0.1) is 11.3 Å². The molecule has 1 saturated heterocycles. The van der Waals surface area contributed by atoms with Crippen LogP contribution < -0.4 is 27.3 Å². The number of hydrogen-bond acceptors (Lipinski definition) is 15. The van der Waals surface area contributed by atoms with Crippen molar-refractivity contribution in [2.45, 2.75) is 31.2 Å². The molecule has 22 heteroatoms. The second kappa shape index (κ2) is 14.7. The molecule has 1 aromatic carbocycles. The Labute approximate surface area is 264 Å². The summed E-state index contributed by atoms with van der Waals surface area (Å²) < 4.78 is 40.0. The SMILES string of the molecule is NCCCN=C(N)c1ccc(OC[C@H](O/N=C(\C(=O)N[C@@H]2C(=O)N(S(=O)(=O)O)[C@@H]2Cn2cncn2)c2csc(N)n2)C(=O)O)cc1. The van der Waals surface area contributed by atoms with Crippen LogP contribution >= 0.6 is 11.3 Å². The lowest BCUT2D eigenvalue weighted by molar-refractivity contribution is -0.152. The van der Waals surface area contributed by atoms with Crippen LogP contribution in [-0.4, -0.2) is 109 Å². The number of nitrogens with one attached hydrogen (secondary N) is 1. The molecule has 0 saturated carbocycles. The third kappa shape index (κ3) is 8.29. The van der Waals surface area contributed by atoms with Crippen molar-refractivity contribution in [2.24, 2.45) is 21.6 Å². The zero-order valence-electron chi connectivity index (χ0n) is 23.7. The Morgan fingerprint density at radius 2 is 1.98 bits per heavy atom. The monoisotopic (exact) mass is 679 g/mol. The van der Waals surface area contributed by atoms with Crippen LogP contribution in [0.1, 0.15) is 17.7 Å². The number of aliphatic carboxylic acids is 1. The van der Waals surface area contributed by atoms with Crippen LogP contribution in [0.25, 0.3) is 0 Å². The Hall–Kier alpha value is -5.19. The number of aromatic nitrogens is 4. The van der Waals surface area contributed by atoms with E-state index in [0.717, 1.165) is 17.7 Å². The average Bonchev–Trinajstić information content (AvgIpc) is 3.68. The highest BCUT2D eigenvalue weighted by molar-refractivity contribution is 7.84. The molecule has 0 aliphatic carbocycles. The Balaban J connectivity index is 1.48. The zero-order chi connectivity index (χ0) is 33.4. The molecule has 0 radical (unpaired) electrons. The number of carbonyl (C=O) groups excluding carboxylic acids is 2. The number of thiazole rings is 1. The number of β-lactam (4-membered cyclic amide) rings is 1. The summed E-state index contributed by atoms with van der Waals surface area (Å²) >= 11 is 0.933. The fourth-order valence-corrected chi connectivity index (χ4v) is 5.43. The van der Waals surface area contributed by atoms with E-state index in [9.17, 15) is 32.5 Å². The van der Waals surface area contributed by atoms with Gasteiger partial charge in [-0.2, -0.15) is 13.5 Å². The van der Waals surface area contributed by atoms with Crippen LogP contribution in [0.3, 0.4) is 0 Å². The number of anilines is 1. The summed E-state index contributed by atoms with van der Waals surface area (Å²) in [5, 5.41) is 20.9. The maximum Gasteiger partial charge on any atom is 0.362 e. The number of carbonyl (C=O) groups is 3. The van der Waals surface area contributed by atoms with E-state index in [1.54, 1.807) is 24.3 Å². The quantitative estimate of drug-likeness (QED) is 0.0234. The molecule has 3 atom stereocenters. The lowest BCUT2D eigenvalue weighted by Gasteiger charge is -2.43. The van der Waals surface area contributed by atoms with Crippen LogP contribution in [0.5, 0.6) is 5.75 Å². The number of oxime groups is 1. The van der Waals surface area contributed by atoms with Gasteiger partial charge in [-0.05, 0) is 37.2 Å². The van der Waals surface area contributed by atoms with E-state index >= 15 is 0 Å². The molecular formula is C24H29N11O9S2. The predicted octanol–water partition coefficient (Wildman–Crippen LogP) is -2.18. The number of hydrogen-bond donors (Lipinski definition) is 6. The maximum absolute atomic E-state index is 13.3. The normalized spacial score (nSPS) is 17.7. The van der Waals surface area contributed by atoms with Crippen molar-refractivity contribution in [1.82, 2.24) is 29.4 Å². The number of aliphatic imine (C=N–C) groups is 1. The second-order valence-corrected chi connectivity index (χ2v) is 11.6. The Kier molecular flexibility index (Phi) is 10.8. The summed E-state index contributed by atoms with van der Waals surface area (Å²) in [7, 11) is -4.98. The topological polar surface area (TPSA) is 306 Å². The Morgan fingerprint density at radius 1 is 1.24 bits per heavy atom. The molecule has 2 amide bonds. The van der Waals surface area contributed by atoms with Crippen LogP contribution in [0.15, 0.2) is 52.4 Å². The first-order chi connectivity index (χ1) is 21.9. The molecule has 20 nitrogen and oxygen atoms in total. The fraction of sp³-hybridized carbons (Fsp3) is 0.333. The first-order valence-corrected chi connectivity index (χ1v) is 15.5. The van der Waals surface area contributed by atoms with E-state index < -0.39 is 58.6 Å². The summed E-state index contributed by atoms with van der Waals surface area (Å²) in [6.07, 6.45) is 1.35. The highest BCUT2D eigenvalue weighted by Crippen LogP contribution is 2.25. The minimum atomic E-state index is -4.98. The van der Waals surface area contributed by atoms with Crippen molar-refractivity contribution in [2.75, 3.05) is 25.4 Å². The van der Waals surface area contributed by atoms with E-state index in [1.807, 2.05) is 0 Å². The summed E-state index contributed by atoms with van der Waals surface area (Å²) in [5.74, 6) is -3.15. The molecule has 246 valence electrons. The molecule has 1 fully saturated rings. The minimum absolute atomic E-state index is 0.0310. The van der Waals surface area contributed by atoms with Gasteiger partial charge in [-0.3, -0.25) is 23.8 Å². The van der Waals surface area contributed by atoms with Gasteiger partial charge in [-0.1, -0.05) is 5.16 Å². The lowest BCUT2D eigenvalue weighted by atomic mass is 9.98. The number of carboxylic acid groups (broad SMARTS) is 1. The first-order valence-electron chi connectivity index (χ1n) is 13.2. The van der Waals surface area contributed by atoms with E-state index in [2.05, 4.69) is 30.5 Å². The molecule has 1 aliphatic rings. The summed E-state index contributed by atoms with van der Waals surface area (Å²) in [4.78, 5) is 55.0. The number of ether oxygens (including phenoxy) is 1. The largest absolute Gasteiger partial charge is 0.489 e. The molecule has 3 heterocycles. The number of nitrogen functional groups attached to an aromatic ring is 1. The predicted molar refractivity (Wildman–Crippen MR) is 161 cm³/mol. The third-order valence-electron chi connectivity index (χ3n) is 6.27. The number of nitrogens with two attached hydrogens (primary N) is 3. The van der Waals surface area contributed by atoms with E-state index in [1.165, 1.54) is 16.4 Å². The lowest BCUT2D eigenvalue weighted by Crippen LogP contribution is -2.73. The van der Waals surface area contributed by atoms with Crippen LogP contribution in [-0.2, 0) is 36.1 Å². The summed E-state index contributed by atoms with van der Waals surface area (Å²) in [6.45, 7) is 0.133. The van der Waals surface area contributed by atoms with E-state index in [0.29, 0.717) is 30.9 Å². The van der Waals surface area contributed by atoms with E-state index in [4.69, 9.17) is 26.8 Å². The summed E-state index contributed by atoms with van der Waals surface area (Å²) in [6, 6.07) is 3.57. The van der Waals surface area contributed by atoms with Crippen molar-refractivity contribution in [3.63, 3.8) is 0 Å². The molecule has 0 spiro atoms. The van der Waals surface area contributed by atoms with Gasteiger partial charge < -0.3 is 37.2 Å².